The molecule has 0 radical (unpaired) electrons. The highest BCUT2D eigenvalue weighted by Crippen LogP contribution is 2.32. The first-order valence-corrected chi connectivity index (χ1v) is 13.0. The number of aromatic nitrogens is 3. The number of hydrogen-bond donors (Lipinski definition) is 2. The minimum Gasteiger partial charge on any atom is -0.491 e. The summed E-state index contributed by atoms with van der Waals surface area (Å²) in [5.74, 6) is 0.697. The van der Waals surface area contributed by atoms with Crippen LogP contribution in [0.2, 0.25) is 0 Å². The lowest BCUT2D eigenvalue weighted by Crippen LogP contribution is -2.25. The van der Waals surface area contributed by atoms with Crippen molar-refractivity contribution in [1.29, 1.82) is 0 Å². The standard InChI is InChI=1S/C28H29N5O2S/c1-29-28(34)24-6-2-3-7-27(24)36-22-11-12-23-25(31-32-26(23)18-22)13-9-20-8-10-21(19-30-20)35-17-16-33-14-4-5-15-33/h2-3,6-13,18-19H,4-5,14-17H2,1H3,(H,29,34)(H,31,32)/b13-9+. The number of carbonyl (C=O) groups excluding carboxylic acids is 1. The number of hydrogen-bond acceptors (Lipinski definition) is 6. The molecule has 2 aromatic carbocycles. The van der Waals surface area contributed by atoms with E-state index in [9.17, 15) is 4.79 Å². The van der Waals surface area contributed by atoms with E-state index in [1.807, 2.05) is 60.7 Å². The zero-order valence-electron chi connectivity index (χ0n) is 20.2. The average Bonchev–Trinajstić information content (AvgIpc) is 3.58. The van der Waals surface area contributed by atoms with Gasteiger partial charge in [0.05, 0.1) is 28.7 Å². The van der Waals surface area contributed by atoms with E-state index in [1.165, 1.54) is 25.9 Å². The van der Waals surface area contributed by atoms with Crippen molar-refractivity contribution in [1.82, 2.24) is 25.4 Å². The van der Waals surface area contributed by atoms with Crippen molar-refractivity contribution in [3.8, 4) is 5.75 Å². The number of rotatable bonds is 9. The lowest BCUT2D eigenvalue weighted by Gasteiger charge is -2.14. The van der Waals surface area contributed by atoms with E-state index in [2.05, 4.69) is 31.5 Å². The molecule has 0 saturated carbocycles. The van der Waals surface area contributed by atoms with E-state index in [4.69, 9.17) is 4.74 Å². The summed E-state index contributed by atoms with van der Waals surface area (Å²) in [7, 11) is 1.64. The van der Waals surface area contributed by atoms with Crippen LogP contribution in [0.15, 0.2) is 70.6 Å². The quantitative estimate of drug-likeness (QED) is 0.333. The number of amides is 1. The summed E-state index contributed by atoms with van der Waals surface area (Å²) in [5.41, 5.74) is 3.29. The monoisotopic (exact) mass is 499 g/mol. The number of H-pyrrole nitrogens is 1. The normalized spacial score (nSPS) is 14.0. The summed E-state index contributed by atoms with van der Waals surface area (Å²) < 4.78 is 5.84. The van der Waals surface area contributed by atoms with E-state index in [1.54, 1.807) is 25.0 Å². The maximum absolute atomic E-state index is 12.2. The topological polar surface area (TPSA) is 83.1 Å². The second-order valence-corrected chi connectivity index (χ2v) is 9.76. The van der Waals surface area contributed by atoms with Crippen LogP contribution in [0.25, 0.3) is 23.1 Å². The Morgan fingerprint density at radius 1 is 1.14 bits per heavy atom. The molecule has 184 valence electrons. The fourth-order valence-corrected chi connectivity index (χ4v) is 5.24. The van der Waals surface area contributed by atoms with Crippen LogP contribution in [-0.4, -0.2) is 59.3 Å². The molecule has 36 heavy (non-hydrogen) atoms. The van der Waals surface area contributed by atoms with Gasteiger partial charge in [0.1, 0.15) is 12.4 Å². The van der Waals surface area contributed by atoms with Gasteiger partial charge in [-0.15, -0.1) is 0 Å². The van der Waals surface area contributed by atoms with Gasteiger partial charge in [0.15, 0.2) is 0 Å². The van der Waals surface area contributed by atoms with Crippen LogP contribution in [0.5, 0.6) is 5.75 Å². The molecule has 0 spiro atoms. The highest BCUT2D eigenvalue weighted by molar-refractivity contribution is 7.99. The number of fused-ring (bicyclic) bond motifs is 1. The molecule has 0 atom stereocenters. The predicted octanol–water partition coefficient (Wildman–Crippen LogP) is 5.11. The van der Waals surface area contributed by atoms with Crippen molar-refractivity contribution in [2.24, 2.45) is 0 Å². The van der Waals surface area contributed by atoms with Gasteiger partial charge in [0.2, 0.25) is 0 Å². The minimum atomic E-state index is -0.0940. The number of nitrogens with one attached hydrogen (secondary N) is 2. The van der Waals surface area contributed by atoms with Crippen LogP contribution in [0.1, 0.15) is 34.6 Å². The molecule has 5 rings (SSSR count). The number of pyridine rings is 1. The van der Waals surface area contributed by atoms with Crippen LogP contribution in [-0.2, 0) is 0 Å². The number of likely N-dealkylation sites (tertiary alicyclic amines) is 1. The van der Waals surface area contributed by atoms with E-state index in [0.29, 0.717) is 12.2 Å². The highest BCUT2D eigenvalue weighted by atomic mass is 32.2. The molecule has 0 aliphatic carbocycles. The Hall–Kier alpha value is -3.62. The van der Waals surface area contributed by atoms with Gasteiger partial charge >= 0.3 is 0 Å². The molecule has 2 aromatic heterocycles. The highest BCUT2D eigenvalue weighted by Gasteiger charge is 2.12. The minimum absolute atomic E-state index is 0.0940. The first-order chi connectivity index (χ1) is 17.7. The molecule has 0 unspecified atom stereocenters. The maximum Gasteiger partial charge on any atom is 0.252 e. The van der Waals surface area contributed by atoms with Gasteiger partial charge in [-0.2, -0.15) is 5.10 Å². The van der Waals surface area contributed by atoms with Crippen molar-refractivity contribution >= 4 is 40.7 Å². The lowest BCUT2D eigenvalue weighted by atomic mass is 10.2. The molecule has 1 amide bonds. The zero-order valence-corrected chi connectivity index (χ0v) is 21.1. The Bertz CT molecular complexity index is 1360. The largest absolute Gasteiger partial charge is 0.491 e. The number of carbonyl (C=O) groups is 1. The summed E-state index contributed by atoms with van der Waals surface area (Å²) in [5, 5.41) is 11.3. The van der Waals surface area contributed by atoms with Crippen molar-refractivity contribution in [2.45, 2.75) is 22.6 Å². The molecular formula is C28H29N5O2S. The molecule has 4 aromatic rings. The fourth-order valence-electron chi connectivity index (χ4n) is 4.25. The van der Waals surface area contributed by atoms with E-state index < -0.39 is 0 Å². The Morgan fingerprint density at radius 2 is 2.00 bits per heavy atom. The Kier molecular flexibility index (Phi) is 7.64. The van der Waals surface area contributed by atoms with Crippen LogP contribution >= 0.6 is 11.8 Å². The number of nitrogens with zero attached hydrogens (tertiary/aromatic N) is 3. The maximum atomic E-state index is 12.2. The van der Waals surface area contributed by atoms with Gasteiger partial charge < -0.3 is 10.1 Å². The smallest absolute Gasteiger partial charge is 0.252 e. The number of aromatic amines is 1. The molecule has 1 aliphatic heterocycles. The SMILES string of the molecule is CNC(=O)c1ccccc1Sc1ccc2c(/C=C/c3ccc(OCCN4CCCC4)cn3)n[nH]c2c1. The van der Waals surface area contributed by atoms with Gasteiger partial charge in [0.25, 0.3) is 5.91 Å². The van der Waals surface area contributed by atoms with Crippen molar-refractivity contribution in [3.63, 3.8) is 0 Å². The Balaban J connectivity index is 1.23. The van der Waals surface area contributed by atoms with Gasteiger partial charge in [-0.1, -0.05) is 23.9 Å². The Labute approximate surface area is 215 Å². The van der Waals surface area contributed by atoms with Crippen molar-refractivity contribution < 1.29 is 9.53 Å². The molecule has 1 fully saturated rings. The molecule has 2 N–H and O–H groups in total. The van der Waals surface area contributed by atoms with Gasteiger partial charge in [-0.05, 0) is 80.5 Å². The zero-order chi connectivity index (χ0) is 24.7. The summed E-state index contributed by atoms with van der Waals surface area (Å²) in [4.78, 5) is 21.1. The van der Waals surface area contributed by atoms with E-state index in [-0.39, 0.29) is 5.91 Å². The molecule has 8 heteroatoms. The first kappa shape index (κ1) is 24.1. The van der Waals surface area contributed by atoms with Crippen LogP contribution in [0, 0.1) is 0 Å². The first-order valence-electron chi connectivity index (χ1n) is 12.2. The molecule has 1 aliphatic rings. The molecule has 3 heterocycles. The lowest BCUT2D eigenvalue weighted by molar-refractivity contribution is 0.0960. The van der Waals surface area contributed by atoms with Gasteiger partial charge in [-0.25, -0.2) is 0 Å². The summed E-state index contributed by atoms with van der Waals surface area (Å²) in [6.07, 6.45) is 8.27. The molecule has 0 bridgehead atoms. The van der Waals surface area contributed by atoms with Gasteiger partial charge in [0, 0.05) is 28.8 Å². The number of ether oxygens (including phenoxy) is 1. The third-order valence-corrected chi connectivity index (χ3v) is 7.26. The third kappa shape index (κ3) is 5.78. The summed E-state index contributed by atoms with van der Waals surface area (Å²) >= 11 is 1.55. The van der Waals surface area contributed by atoms with Crippen LogP contribution < -0.4 is 10.1 Å². The second-order valence-electron chi connectivity index (χ2n) is 8.64. The second kappa shape index (κ2) is 11.4. The average molecular weight is 500 g/mol. The summed E-state index contributed by atoms with van der Waals surface area (Å²) in [6.45, 7) is 4.01. The third-order valence-electron chi connectivity index (χ3n) is 6.20. The van der Waals surface area contributed by atoms with Gasteiger partial charge in [-0.3, -0.25) is 19.8 Å². The fraction of sp³-hybridized carbons (Fsp3) is 0.250. The number of benzene rings is 2. The van der Waals surface area contributed by atoms with Crippen LogP contribution in [0.4, 0.5) is 0 Å². The predicted molar refractivity (Wildman–Crippen MR) is 144 cm³/mol. The Morgan fingerprint density at radius 3 is 2.81 bits per heavy atom. The van der Waals surface area contributed by atoms with E-state index in [0.717, 1.165) is 44.4 Å². The molecule has 7 nitrogen and oxygen atoms in total. The van der Waals surface area contributed by atoms with E-state index >= 15 is 0 Å². The molecule has 1 saturated heterocycles. The van der Waals surface area contributed by atoms with Crippen molar-refractivity contribution in [3.05, 3.63) is 77.7 Å². The summed E-state index contributed by atoms with van der Waals surface area (Å²) in [6, 6.07) is 17.7. The van der Waals surface area contributed by atoms with Crippen LogP contribution in [0.3, 0.4) is 0 Å². The molecular weight excluding hydrogens is 470 g/mol. The van der Waals surface area contributed by atoms with Crippen molar-refractivity contribution in [2.75, 3.05) is 33.3 Å².